The lowest BCUT2D eigenvalue weighted by molar-refractivity contribution is -0.116. The SMILES string of the molecule is CCOc1ccc(NC(=O)CN(C)C(=O)c2ccc(OC[C@H]3CCCO3)cc2)cc1OCC. The van der Waals surface area contributed by atoms with Gasteiger partial charge in [0.05, 0.1) is 25.9 Å². The molecule has 0 saturated carbocycles. The van der Waals surface area contributed by atoms with E-state index in [1.165, 1.54) is 4.90 Å². The van der Waals surface area contributed by atoms with E-state index in [1.54, 1.807) is 49.5 Å². The first-order chi connectivity index (χ1) is 16.0. The smallest absolute Gasteiger partial charge is 0.254 e. The number of carbonyl (C=O) groups excluding carboxylic acids is 2. The molecule has 0 radical (unpaired) electrons. The van der Waals surface area contributed by atoms with E-state index < -0.39 is 0 Å². The second-order valence-corrected chi connectivity index (χ2v) is 7.71. The normalized spacial score (nSPS) is 15.1. The van der Waals surface area contributed by atoms with Crippen LogP contribution in [0.1, 0.15) is 37.0 Å². The molecule has 0 unspecified atom stereocenters. The summed E-state index contributed by atoms with van der Waals surface area (Å²) in [6, 6.07) is 12.1. The lowest BCUT2D eigenvalue weighted by Crippen LogP contribution is -2.34. The van der Waals surface area contributed by atoms with E-state index >= 15 is 0 Å². The average molecular weight is 457 g/mol. The van der Waals surface area contributed by atoms with E-state index in [9.17, 15) is 9.59 Å². The first kappa shape index (κ1) is 24.4. The number of hydrogen-bond acceptors (Lipinski definition) is 6. The Bertz CT molecular complexity index is 925. The molecule has 1 aliphatic rings. The van der Waals surface area contributed by atoms with Crippen LogP contribution in [0, 0.1) is 0 Å². The van der Waals surface area contributed by atoms with Gasteiger partial charge in [-0.2, -0.15) is 0 Å². The molecule has 3 rings (SSSR count). The fraction of sp³-hybridized carbons (Fsp3) is 0.440. The molecule has 1 N–H and O–H groups in total. The zero-order valence-electron chi connectivity index (χ0n) is 19.5. The number of likely N-dealkylation sites (N-methyl/N-ethyl adjacent to an activating group) is 1. The van der Waals surface area contributed by atoms with Crippen LogP contribution in [0.4, 0.5) is 5.69 Å². The zero-order chi connectivity index (χ0) is 23.6. The van der Waals surface area contributed by atoms with E-state index in [0.717, 1.165) is 19.4 Å². The van der Waals surface area contributed by atoms with Gasteiger partial charge in [0.1, 0.15) is 12.4 Å². The third-order valence-electron chi connectivity index (χ3n) is 5.12. The molecule has 1 aliphatic heterocycles. The van der Waals surface area contributed by atoms with Gasteiger partial charge in [0.15, 0.2) is 11.5 Å². The van der Waals surface area contributed by atoms with Gasteiger partial charge in [0.25, 0.3) is 5.91 Å². The van der Waals surface area contributed by atoms with Gasteiger partial charge < -0.3 is 29.2 Å². The standard InChI is InChI=1S/C25H32N2O6/c1-4-30-22-13-10-19(15-23(22)31-5-2)26-24(28)16-27(3)25(29)18-8-11-20(12-9-18)33-17-21-7-6-14-32-21/h8-13,15,21H,4-7,14,16-17H2,1-3H3,(H,26,28)/t21-/m1/s1. The Hall–Kier alpha value is -3.26. The van der Waals surface area contributed by atoms with E-state index in [2.05, 4.69) is 5.32 Å². The van der Waals surface area contributed by atoms with Gasteiger partial charge >= 0.3 is 0 Å². The Labute approximate surface area is 194 Å². The minimum atomic E-state index is -0.311. The van der Waals surface area contributed by atoms with E-state index in [1.807, 2.05) is 13.8 Å². The monoisotopic (exact) mass is 456 g/mol. The third-order valence-corrected chi connectivity index (χ3v) is 5.12. The maximum atomic E-state index is 12.7. The first-order valence-electron chi connectivity index (χ1n) is 11.3. The van der Waals surface area contributed by atoms with Gasteiger partial charge in [-0.3, -0.25) is 9.59 Å². The van der Waals surface area contributed by atoms with Crippen molar-refractivity contribution in [3.63, 3.8) is 0 Å². The van der Waals surface area contributed by atoms with E-state index in [4.69, 9.17) is 18.9 Å². The molecule has 2 amide bonds. The van der Waals surface area contributed by atoms with Crippen molar-refractivity contribution in [1.82, 2.24) is 4.90 Å². The van der Waals surface area contributed by atoms with Gasteiger partial charge in [0.2, 0.25) is 5.91 Å². The molecule has 33 heavy (non-hydrogen) atoms. The van der Waals surface area contributed by atoms with Crippen LogP contribution in [0.5, 0.6) is 17.2 Å². The molecule has 8 heteroatoms. The topological polar surface area (TPSA) is 86.3 Å². The molecule has 0 bridgehead atoms. The summed E-state index contributed by atoms with van der Waals surface area (Å²) >= 11 is 0. The molecular formula is C25H32N2O6. The van der Waals surface area contributed by atoms with Crippen molar-refractivity contribution in [1.29, 1.82) is 0 Å². The molecule has 2 aromatic carbocycles. The number of nitrogens with one attached hydrogen (secondary N) is 1. The highest BCUT2D eigenvalue weighted by Crippen LogP contribution is 2.30. The van der Waals surface area contributed by atoms with Crippen molar-refractivity contribution in [2.75, 3.05) is 45.3 Å². The highest BCUT2D eigenvalue weighted by atomic mass is 16.5. The summed E-state index contributed by atoms with van der Waals surface area (Å²) in [4.78, 5) is 26.6. The summed E-state index contributed by atoms with van der Waals surface area (Å²) in [5.74, 6) is 1.30. The maximum Gasteiger partial charge on any atom is 0.254 e. The van der Waals surface area contributed by atoms with Gasteiger partial charge in [-0.05, 0) is 63.1 Å². The molecule has 178 valence electrons. The summed E-state index contributed by atoms with van der Waals surface area (Å²) in [6.45, 7) is 5.97. The van der Waals surface area contributed by atoms with Crippen LogP contribution in [0.25, 0.3) is 0 Å². The molecule has 1 saturated heterocycles. The number of nitrogens with zero attached hydrogens (tertiary/aromatic N) is 1. The van der Waals surface area contributed by atoms with E-state index in [-0.39, 0.29) is 24.5 Å². The lowest BCUT2D eigenvalue weighted by atomic mass is 10.2. The minimum Gasteiger partial charge on any atom is -0.491 e. The Morgan fingerprint density at radius 3 is 2.42 bits per heavy atom. The molecule has 8 nitrogen and oxygen atoms in total. The number of ether oxygens (including phenoxy) is 4. The molecule has 0 aromatic heterocycles. The Morgan fingerprint density at radius 1 is 1.03 bits per heavy atom. The van der Waals surface area contributed by atoms with Crippen LogP contribution in [-0.2, 0) is 9.53 Å². The van der Waals surface area contributed by atoms with Crippen LogP contribution in [-0.4, -0.2) is 62.8 Å². The molecule has 0 spiro atoms. The number of anilines is 1. The molecular weight excluding hydrogens is 424 g/mol. The average Bonchev–Trinajstić information content (AvgIpc) is 3.33. The summed E-state index contributed by atoms with van der Waals surface area (Å²) < 4.78 is 22.4. The predicted molar refractivity (Wildman–Crippen MR) is 125 cm³/mol. The van der Waals surface area contributed by atoms with E-state index in [0.29, 0.717) is 48.3 Å². The zero-order valence-corrected chi connectivity index (χ0v) is 19.5. The third kappa shape index (κ3) is 7.12. The lowest BCUT2D eigenvalue weighted by Gasteiger charge is -2.18. The fourth-order valence-corrected chi connectivity index (χ4v) is 3.50. The van der Waals surface area contributed by atoms with Crippen LogP contribution in [0.2, 0.25) is 0 Å². The van der Waals surface area contributed by atoms with Gasteiger partial charge in [0, 0.05) is 31.0 Å². The Balaban J connectivity index is 1.52. The molecule has 0 aliphatic carbocycles. The molecule has 1 fully saturated rings. The molecule has 1 heterocycles. The summed E-state index contributed by atoms with van der Waals surface area (Å²) in [5.41, 5.74) is 1.05. The van der Waals surface area contributed by atoms with Crippen molar-refractivity contribution in [2.45, 2.75) is 32.8 Å². The van der Waals surface area contributed by atoms with Crippen molar-refractivity contribution < 1.29 is 28.5 Å². The fourth-order valence-electron chi connectivity index (χ4n) is 3.50. The molecule has 2 aromatic rings. The van der Waals surface area contributed by atoms with Crippen molar-refractivity contribution >= 4 is 17.5 Å². The minimum absolute atomic E-state index is 0.0900. The number of benzene rings is 2. The highest BCUT2D eigenvalue weighted by molar-refractivity contribution is 5.99. The summed E-state index contributed by atoms with van der Waals surface area (Å²) in [6.07, 6.45) is 2.21. The largest absolute Gasteiger partial charge is 0.491 e. The Morgan fingerprint density at radius 2 is 1.76 bits per heavy atom. The predicted octanol–water partition coefficient (Wildman–Crippen LogP) is 3.75. The van der Waals surface area contributed by atoms with Crippen molar-refractivity contribution in [3.05, 3.63) is 48.0 Å². The van der Waals surface area contributed by atoms with Crippen LogP contribution in [0.3, 0.4) is 0 Å². The summed E-state index contributed by atoms with van der Waals surface area (Å²) in [7, 11) is 1.59. The number of hydrogen-bond donors (Lipinski definition) is 1. The quantitative estimate of drug-likeness (QED) is 0.554. The van der Waals surface area contributed by atoms with Crippen LogP contribution >= 0.6 is 0 Å². The number of carbonyl (C=O) groups is 2. The second kappa shape index (κ2) is 12.1. The number of rotatable bonds is 11. The van der Waals surface area contributed by atoms with Crippen molar-refractivity contribution in [2.24, 2.45) is 0 Å². The first-order valence-corrected chi connectivity index (χ1v) is 11.3. The van der Waals surface area contributed by atoms with Crippen LogP contribution < -0.4 is 19.5 Å². The molecule has 1 atom stereocenters. The van der Waals surface area contributed by atoms with Crippen LogP contribution in [0.15, 0.2) is 42.5 Å². The van der Waals surface area contributed by atoms with Gasteiger partial charge in [-0.25, -0.2) is 0 Å². The number of amides is 2. The van der Waals surface area contributed by atoms with Gasteiger partial charge in [-0.1, -0.05) is 0 Å². The summed E-state index contributed by atoms with van der Waals surface area (Å²) in [5, 5.41) is 2.80. The maximum absolute atomic E-state index is 12.7. The second-order valence-electron chi connectivity index (χ2n) is 7.71. The van der Waals surface area contributed by atoms with Crippen molar-refractivity contribution in [3.8, 4) is 17.2 Å². The van der Waals surface area contributed by atoms with Gasteiger partial charge in [-0.15, -0.1) is 0 Å². The highest BCUT2D eigenvalue weighted by Gasteiger charge is 2.18. The Kier molecular flexibility index (Phi) is 8.95.